The van der Waals surface area contributed by atoms with Gasteiger partial charge in [-0.15, -0.1) is 0 Å². The lowest BCUT2D eigenvalue weighted by Crippen LogP contribution is -2.43. The molecule has 2 saturated heterocycles. The van der Waals surface area contributed by atoms with Crippen molar-refractivity contribution < 1.29 is 9.59 Å². The van der Waals surface area contributed by atoms with Crippen molar-refractivity contribution in [2.75, 3.05) is 19.6 Å². The lowest BCUT2D eigenvalue weighted by atomic mass is 9.94. The summed E-state index contributed by atoms with van der Waals surface area (Å²) < 4.78 is 0. The van der Waals surface area contributed by atoms with Gasteiger partial charge in [0.05, 0.1) is 6.04 Å². The summed E-state index contributed by atoms with van der Waals surface area (Å²) in [5.41, 5.74) is 2.25. The molecule has 2 amide bonds. The zero-order valence-corrected chi connectivity index (χ0v) is 16.7. The van der Waals surface area contributed by atoms with Crippen LogP contribution in [0, 0.1) is 5.92 Å². The molecule has 0 saturated carbocycles. The number of hydrogen-bond donors (Lipinski definition) is 0. The number of carbonyl (C=O) groups is 2. The van der Waals surface area contributed by atoms with Crippen molar-refractivity contribution in [3.8, 4) is 0 Å². The Bertz CT molecular complexity index is 855. The van der Waals surface area contributed by atoms with E-state index in [0.717, 1.165) is 37.8 Å². The van der Waals surface area contributed by atoms with Gasteiger partial charge in [0.1, 0.15) is 0 Å². The van der Waals surface area contributed by atoms with Gasteiger partial charge in [-0.2, -0.15) is 0 Å². The first-order valence-corrected chi connectivity index (χ1v) is 10.6. The number of carbonyl (C=O) groups excluding carboxylic acids is 2. The lowest BCUT2D eigenvalue weighted by molar-refractivity contribution is -0.140. The zero-order valence-electron chi connectivity index (χ0n) is 16.7. The van der Waals surface area contributed by atoms with Gasteiger partial charge < -0.3 is 9.80 Å². The molecule has 0 N–H and O–H groups in total. The number of piperidine rings is 1. The topological polar surface area (TPSA) is 40.6 Å². The molecule has 4 rings (SSSR count). The molecule has 0 bridgehead atoms. The SMILES string of the molecule is O=C(/C=C\c1ccccc1)N1CCC(C(=O)N2CCC[C@H]2c2ccccc2)CC1. The molecule has 2 aliphatic heterocycles. The van der Waals surface area contributed by atoms with Gasteiger partial charge in [-0.25, -0.2) is 0 Å². The van der Waals surface area contributed by atoms with Crippen molar-refractivity contribution in [1.29, 1.82) is 0 Å². The number of nitrogens with zero attached hydrogens (tertiary/aromatic N) is 2. The fourth-order valence-electron chi connectivity index (χ4n) is 4.47. The molecule has 150 valence electrons. The van der Waals surface area contributed by atoms with Gasteiger partial charge in [-0.3, -0.25) is 9.59 Å². The van der Waals surface area contributed by atoms with E-state index in [1.54, 1.807) is 6.08 Å². The number of amides is 2. The first-order chi connectivity index (χ1) is 14.2. The molecule has 2 aromatic carbocycles. The quantitative estimate of drug-likeness (QED) is 0.733. The number of benzene rings is 2. The Balaban J connectivity index is 1.32. The van der Waals surface area contributed by atoms with E-state index < -0.39 is 0 Å². The van der Waals surface area contributed by atoms with E-state index in [-0.39, 0.29) is 23.8 Å². The monoisotopic (exact) mass is 388 g/mol. The Morgan fingerprint density at radius 3 is 2.17 bits per heavy atom. The van der Waals surface area contributed by atoms with E-state index in [0.29, 0.717) is 13.1 Å². The van der Waals surface area contributed by atoms with Gasteiger partial charge in [0.25, 0.3) is 0 Å². The summed E-state index contributed by atoms with van der Waals surface area (Å²) in [7, 11) is 0. The lowest BCUT2D eigenvalue weighted by Gasteiger charge is -2.34. The number of hydrogen-bond acceptors (Lipinski definition) is 2. The molecule has 2 fully saturated rings. The molecule has 0 unspecified atom stereocenters. The maximum atomic E-state index is 13.2. The highest BCUT2D eigenvalue weighted by atomic mass is 16.2. The van der Waals surface area contributed by atoms with Crippen molar-refractivity contribution in [3.05, 3.63) is 77.9 Å². The summed E-state index contributed by atoms with van der Waals surface area (Å²) in [4.78, 5) is 29.6. The third-order valence-electron chi connectivity index (χ3n) is 6.09. The zero-order chi connectivity index (χ0) is 20.1. The molecule has 4 heteroatoms. The highest BCUT2D eigenvalue weighted by Gasteiger charge is 2.35. The van der Waals surface area contributed by atoms with Crippen molar-refractivity contribution >= 4 is 17.9 Å². The second-order valence-corrected chi connectivity index (χ2v) is 7.94. The average molecular weight is 389 g/mol. The minimum Gasteiger partial charge on any atom is -0.339 e. The van der Waals surface area contributed by atoms with Gasteiger partial charge in [-0.1, -0.05) is 60.7 Å². The van der Waals surface area contributed by atoms with Crippen LogP contribution in [0.1, 0.15) is 42.9 Å². The summed E-state index contributed by atoms with van der Waals surface area (Å²) in [5, 5.41) is 0. The average Bonchev–Trinajstić information content (AvgIpc) is 3.28. The number of likely N-dealkylation sites (tertiary alicyclic amines) is 2. The third-order valence-corrected chi connectivity index (χ3v) is 6.09. The van der Waals surface area contributed by atoms with E-state index in [1.807, 2.05) is 59.5 Å². The van der Waals surface area contributed by atoms with Crippen LogP contribution < -0.4 is 0 Å². The largest absolute Gasteiger partial charge is 0.339 e. The van der Waals surface area contributed by atoms with Crippen LogP contribution in [0.5, 0.6) is 0 Å². The van der Waals surface area contributed by atoms with E-state index in [2.05, 4.69) is 17.0 Å². The molecular formula is C25H28N2O2. The summed E-state index contributed by atoms with van der Waals surface area (Å²) in [6.07, 6.45) is 7.10. The second kappa shape index (κ2) is 9.08. The second-order valence-electron chi connectivity index (χ2n) is 7.94. The van der Waals surface area contributed by atoms with Crippen LogP contribution in [0.15, 0.2) is 66.7 Å². The predicted octanol–water partition coefficient (Wildman–Crippen LogP) is 4.30. The standard InChI is InChI=1S/C25H28N2O2/c28-24(14-13-20-8-3-1-4-9-20)26-18-15-22(16-19-26)25(29)27-17-7-12-23(27)21-10-5-2-6-11-21/h1-6,8-11,13-14,22-23H,7,12,15-19H2/b14-13-/t23-/m0/s1. The molecule has 2 aliphatic rings. The van der Waals surface area contributed by atoms with Crippen LogP contribution in [0.2, 0.25) is 0 Å². The molecule has 29 heavy (non-hydrogen) atoms. The third kappa shape index (κ3) is 4.58. The fraction of sp³-hybridized carbons (Fsp3) is 0.360. The van der Waals surface area contributed by atoms with Crippen LogP contribution >= 0.6 is 0 Å². The molecule has 0 aliphatic carbocycles. The highest BCUT2D eigenvalue weighted by Crippen LogP contribution is 2.34. The maximum Gasteiger partial charge on any atom is 0.246 e. The summed E-state index contributed by atoms with van der Waals surface area (Å²) in [5.74, 6) is 0.327. The van der Waals surface area contributed by atoms with E-state index >= 15 is 0 Å². The molecule has 0 aromatic heterocycles. The summed E-state index contributed by atoms with van der Waals surface area (Å²) in [6, 6.07) is 20.4. The smallest absolute Gasteiger partial charge is 0.246 e. The van der Waals surface area contributed by atoms with Crippen LogP contribution in [-0.2, 0) is 9.59 Å². The fourth-order valence-corrected chi connectivity index (χ4v) is 4.47. The molecule has 0 spiro atoms. The van der Waals surface area contributed by atoms with Crippen molar-refractivity contribution in [2.45, 2.75) is 31.7 Å². The van der Waals surface area contributed by atoms with Gasteiger partial charge in [0.2, 0.25) is 11.8 Å². The van der Waals surface area contributed by atoms with Crippen LogP contribution in [0.3, 0.4) is 0 Å². The predicted molar refractivity (Wildman–Crippen MR) is 115 cm³/mol. The van der Waals surface area contributed by atoms with E-state index in [4.69, 9.17) is 0 Å². The van der Waals surface area contributed by atoms with Gasteiger partial charge in [-0.05, 0) is 42.9 Å². The summed E-state index contributed by atoms with van der Waals surface area (Å²) in [6.45, 7) is 2.15. The molecule has 1 atom stereocenters. The van der Waals surface area contributed by atoms with Crippen molar-refractivity contribution in [3.63, 3.8) is 0 Å². The Labute approximate surface area is 172 Å². The molecular weight excluding hydrogens is 360 g/mol. The van der Waals surface area contributed by atoms with Gasteiger partial charge in [0.15, 0.2) is 0 Å². The summed E-state index contributed by atoms with van der Waals surface area (Å²) >= 11 is 0. The minimum atomic E-state index is 0.0291. The Kier molecular flexibility index (Phi) is 6.09. The van der Waals surface area contributed by atoms with Crippen LogP contribution in [0.25, 0.3) is 6.08 Å². The Hall–Kier alpha value is -2.88. The Morgan fingerprint density at radius 2 is 1.48 bits per heavy atom. The first kappa shape index (κ1) is 19.4. The Morgan fingerprint density at radius 1 is 0.828 bits per heavy atom. The molecule has 2 heterocycles. The highest BCUT2D eigenvalue weighted by molar-refractivity contribution is 5.92. The molecule has 2 aromatic rings. The van der Waals surface area contributed by atoms with Crippen molar-refractivity contribution in [1.82, 2.24) is 9.80 Å². The van der Waals surface area contributed by atoms with Crippen LogP contribution in [0.4, 0.5) is 0 Å². The first-order valence-electron chi connectivity index (χ1n) is 10.6. The minimum absolute atomic E-state index is 0.0291. The number of rotatable bonds is 4. The molecule has 0 radical (unpaired) electrons. The van der Waals surface area contributed by atoms with Gasteiger partial charge >= 0.3 is 0 Å². The van der Waals surface area contributed by atoms with E-state index in [1.165, 1.54) is 5.56 Å². The maximum absolute atomic E-state index is 13.2. The van der Waals surface area contributed by atoms with Crippen LogP contribution in [-0.4, -0.2) is 41.2 Å². The van der Waals surface area contributed by atoms with Crippen molar-refractivity contribution in [2.24, 2.45) is 5.92 Å². The van der Waals surface area contributed by atoms with E-state index in [9.17, 15) is 9.59 Å². The molecule has 4 nitrogen and oxygen atoms in total. The van der Waals surface area contributed by atoms with Gasteiger partial charge in [0, 0.05) is 31.6 Å². The normalized spacial score (nSPS) is 20.3.